The second-order valence-electron chi connectivity index (χ2n) is 13.9. The first-order valence-electron chi connectivity index (χ1n) is 18.9. The van der Waals surface area contributed by atoms with Gasteiger partial charge < -0.3 is 4.90 Å². The molecule has 0 amide bonds. The Bertz CT molecular complexity index is 2530. The van der Waals surface area contributed by atoms with E-state index in [1.54, 1.807) is 0 Å². The lowest BCUT2D eigenvalue weighted by molar-refractivity contribution is 1.25. The van der Waals surface area contributed by atoms with Crippen LogP contribution in [0.2, 0.25) is 0 Å². The van der Waals surface area contributed by atoms with Crippen LogP contribution < -0.4 is 4.90 Å². The van der Waals surface area contributed by atoms with Crippen LogP contribution in [0.3, 0.4) is 0 Å². The molecule has 0 saturated carbocycles. The van der Waals surface area contributed by atoms with Gasteiger partial charge >= 0.3 is 0 Å². The summed E-state index contributed by atoms with van der Waals surface area (Å²) in [5.74, 6) is 0. The molecule has 0 aliphatic carbocycles. The SMILES string of the molecule is Cc1ccc(N(c2ccc(C=C(c3ccccc3)c3ccccc3)cc2)c2ccc(C=CC=C(c3ccccc3)c3ccccc3)c3ccccc23)c(C)c1. The Morgan fingerprint density at radius 1 is 0.436 bits per heavy atom. The number of anilines is 3. The number of rotatable bonds is 10. The molecule has 1 nitrogen and oxygen atoms in total. The summed E-state index contributed by atoms with van der Waals surface area (Å²) >= 11 is 0. The van der Waals surface area contributed by atoms with E-state index < -0.39 is 0 Å². The summed E-state index contributed by atoms with van der Waals surface area (Å²) in [5, 5.41) is 2.40. The maximum atomic E-state index is 2.41. The van der Waals surface area contributed by atoms with Crippen molar-refractivity contribution in [1.29, 1.82) is 0 Å². The van der Waals surface area contributed by atoms with Crippen LogP contribution in [0.25, 0.3) is 34.1 Å². The Morgan fingerprint density at radius 2 is 0.927 bits per heavy atom. The van der Waals surface area contributed by atoms with Crippen molar-refractivity contribution in [3.8, 4) is 0 Å². The molecule has 8 aromatic rings. The van der Waals surface area contributed by atoms with E-state index in [2.05, 4.69) is 243 Å². The number of benzene rings is 8. The van der Waals surface area contributed by atoms with Crippen LogP contribution in [0.4, 0.5) is 17.1 Å². The van der Waals surface area contributed by atoms with Gasteiger partial charge in [0.15, 0.2) is 0 Å². The summed E-state index contributed by atoms with van der Waals surface area (Å²) in [4.78, 5) is 2.41. The van der Waals surface area contributed by atoms with Gasteiger partial charge in [-0.05, 0) is 99.7 Å². The largest absolute Gasteiger partial charge is 0.310 e. The number of hydrogen-bond donors (Lipinski definition) is 0. The van der Waals surface area contributed by atoms with Gasteiger partial charge in [0.1, 0.15) is 0 Å². The van der Waals surface area contributed by atoms with Crippen LogP contribution in [-0.4, -0.2) is 0 Å². The average Bonchev–Trinajstić information content (AvgIpc) is 3.24. The molecule has 55 heavy (non-hydrogen) atoms. The van der Waals surface area contributed by atoms with Gasteiger partial charge in [-0.2, -0.15) is 0 Å². The van der Waals surface area contributed by atoms with Gasteiger partial charge in [-0.15, -0.1) is 0 Å². The molecule has 1 heteroatoms. The molecule has 0 spiro atoms. The molecule has 8 aromatic carbocycles. The van der Waals surface area contributed by atoms with Gasteiger partial charge in [-0.3, -0.25) is 0 Å². The molecule has 8 rings (SSSR count). The molecule has 0 aliphatic heterocycles. The quantitative estimate of drug-likeness (QED) is 0.101. The smallest absolute Gasteiger partial charge is 0.0540 e. The highest BCUT2D eigenvalue weighted by Gasteiger charge is 2.18. The highest BCUT2D eigenvalue weighted by molar-refractivity contribution is 6.03. The van der Waals surface area contributed by atoms with Crippen LogP contribution in [0.1, 0.15) is 44.5 Å². The van der Waals surface area contributed by atoms with Crippen molar-refractivity contribution in [2.24, 2.45) is 0 Å². The second kappa shape index (κ2) is 16.4. The minimum atomic E-state index is 1.11. The maximum absolute atomic E-state index is 2.41. The lowest BCUT2D eigenvalue weighted by Gasteiger charge is -2.29. The molecule has 0 fully saturated rings. The highest BCUT2D eigenvalue weighted by atomic mass is 15.1. The molecule has 0 aromatic heterocycles. The maximum Gasteiger partial charge on any atom is 0.0540 e. The Hall–Kier alpha value is -6.96. The van der Waals surface area contributed by atoms with E-state index in [1.165, 1.54) is 60.9 Å². The van der Waals surface area contributed by atoms with Gasteiger partial charge in [-0.25, -0.2) is 0 Å². The first-order valence-corrected chi connectivity index (χ1v) is 18.9. The zero-order valence-corrected chi connectivity index (χ0v) is 31.3. The summed E-state index contributed by atoms with van der Waals surface area (Å²) in [7, 11) is 0. The molecular weight excluding hydrogens is 663 g/mol. The van der Waals surface area contributed by atoms with E-state index in [9.17, 15) is 0 Å². The van der Waals surface area contributed by atoms with Gasteiger partial charge in [0.2, 0.25) is 0 Å². The monoisotopic (exact) mass is 705 g/mol. The molecule has 0 unspecified atom stereocenters. The predicted octanol–water partition coefficient (Wildman–Crippen LogP) is 14.7. The third-order valence-electron chi connectivity index (χ3n) is 10.1. The first kappa shape index (κ1) is 35.1. The van der Waals surface area contributed by atoms with Crippen molar-refractivity contribution in [3.05, 3.63) is 257 Å². The molecule has 0 bridgehead atoms. The molecule has 0 N–H and O–H groups in total. The van der Waals surface area contributed by atoms with E-state index in [0.717, 1.165) is 22.6 Å². The van der Waals surface area contributed by atoms with E-state index in [0.29, 0.717) is 0 Å². The first-order chi connectivity index (χ1) is 27.1. The zero-order chi connectivity index (χ0) is 37.4. The summed E-state index contributed by atoms with van der Waals surface area (Å²) in [5.41, 5.74) is 15.4. The van der Waals surface area contributed by atoms with Crippen LogP contribution in [0.5, 0.6) is 0 Å². The number of aryl methyl sites for hydroxylation is 2. The fourth-order valence-corrected chi connectivity index (χ4v) is 7.41. The third-order valence-corrected chi connectivity index (χ3v) is 10.1. The van der Waals surface area contributed by atoms with Crippen LogP contribution >= 0.6 is 0 Å². The fraction of sp³-hybridized carbons (Fsp3) is 0.0370. The standard InChI is InChI=1S/C54H43N/c1-40-30-36-53(41(2)38-40)55(48-34-31-42(32-35-48)39-52(45-22-11-5-12-23-45)46-24-13-6-14-25-46)54-37-33-47(50-27-15-16-28-51(50)54)26-17-29-49(43-18-7-3-8-19-43)44-20-9-4-10-21-44/h3-39H,1-2H3. The summed E-state index contributed by atoms with van der Waals surface area (Å²) < 4.78 is 0. The van der Waals surface area contributed by atoms with Crippen molar-refractivity contribution in [2.75, 3.05) is 4.90 Å². The predicted molar refractivity (Wildman–Crippen MR) is 237 cm³/mol. The Labute approximate surface area is 325 Å². The van der Waals surface area contributed by atoms with Crippen molar-refractivity contribution in [2.45, 2.75) is 13.8 Å². The summed E-state index contributed by atoms with van der Waals surface area (Å²) in [6.45, 7) is 4.37. The third kappa shape index (κ3) is 7.88. The highest BCUT2D eigenvalue weighted by Crippen LogP contribution is 2.42. The van der Waals surface area contributed by atoms with E-state index in [-0.39, 0.29) is 0 Å². The van der Waals surface area contributed by atoms with E-state index >= 15 is 0 Å². The minimum Gasteiger partial charge on any atom is -0.310 e. The average molecular weight is 706 g/mol. The van der Waals surface area contributed by atoms with Crippen molar-refractivity contribution in [1.82, 2.24) is 0 Å². The number of nitrogens with zero attached hydrogens (tertiary/aromatic N) is 1. The van der Waals surface area contributed by atoms with Crippen molar-refractivity contribution < 1.29 is 0 Å². The number of hydrogen-bond acceptors (Lipinski definition) is 1. The van der Waals surface area contributed by atoms with E-state index in [1.807, 2.05) is 0 Å². The van der Waals surface area contributed by atoms with Gasteiger partial charge in [0.05, 0.1) is 5.69 Å². The van der Waals surface area contributed by atoms with E-state index in [4.69, 9.17) is 0 Å². The fourth-order valence-electron chi connectivity index (χ4n) is 7.41. The lowest BCUT2D eigenvalue weighted by Crippen LogP contribution is -2.12. The van der Waals surface area contributed by atoms with Gasteiger partial charge in [0, 0.05) is 16.8 Å². The Morgan fingerprint density at radius 3 is 1.47 bits per heavy atom. The molecular formula is C54H43N. The molecule has 0 radical (unpaired) electrons. The Balaban J connectivity index is 1.21. The number of fused-ring (bicyclic) bond motifs is 1. The summed E-state index contributed by atoms with van der Waals surface area (Å²) in [6.07, 6.45) is 8.94. The van der Waals surface area contributed by atoms with Crippen LogP contribution in [-0.2, 0) is 0 Å². The molecule has 264 valence electrons. The van der Waals surface area contributed by atoms with Gasteiger partial charge in [-0.1, -0.05) is 200 Å². The normalized spacial score (nSPS) is 11.0. The Kier molecular flexibility index (Phi) is 10.4. The second-order valence-corrected chi connectivity index (χ2v) is 13.9. The molecule has 0 heterocycles. The summed E-state index contributed by atoms with van der Waals surface area (Å²) in [6, 6.07) is 71.5. The zero-order valence-electron chi connectivity index (χ0n) is 31.3. The van der Waals surface area contributed by atoms with Crippen molar-refractivity contribution >= 4 is 51.1 Å². The lowest BCUT2D eigenvalue weighted by atomic mass is 9.95. The van der Waals surface area contributed by atoms with Gasteiger partial charge in [0.25, 0.3) is 0 Å². The van der Waals surface area contributed by atoms with Crippen LogP contribution in [0.15, 0.2) is 212 Å². The minimum absolute atomic E-state index is 1.11. The number of allylic oxidation sites excluding steroid dienone is 2. The topological polar surface area (TPSA) is 3.24 Å². The molecule has 0 saturated heterocycles. The van der Waals surface area contributed by atoms with Crippen molar-refractivity contribution in [3.63, 3.8) is 0 Å². The molecule has 0 atom stereocenters. The molecule has 0 aliphatic rings. The van der Waals surface area contributed by atoms with Crippen LogP contribution in [0, 0.1) is 13.8 Å².